The van der Waals surface area contributed by atoms with E-state index in [4.69, 9.17) is 21.1 Å². The first-order valence-electron chi connectivity index (χ1n) is 25.5. The van der Waals surface area contributed by atoms with Gasteiger partial charge in [0.2, 0.25) is 5.88 Å². The van der Waals surface area contributed by atoms with E-state index in [9.17, 15) is 23.1 Å². The van der Waals surface area contributed by atoms with E-state index in [0.717, 1.165) is 112 Å². The number of aliphatic hydroxyl groups is 1. The molecular formula is C56H70ClF3N6O4. The molecule has 3 aliphatic rings. The van der Waals surface area contributed by atoms with Crippen LogP contribution in [0.25, 0.3) is 16.5 Å². The Labute approximate surface area is 416 Å². The monoisotopic (exact) mass is 983 g/mol. The van der Waals surface area contributed by atoms with Crippen molar-refractivity contribution in [1.29, 1.82) is 0 Å². The summed E-state index contributed by atoms with van der Waals surface area (Å²) in [6.07, 6.45) is 10.3. The molecule has 1 atom stereocenters. The van der Waals surface area contributed by atoms with Crippen molar-refractivity contribution in [3.05, 3.63) is 112 Å². The summed E-state index contributed by atoms with van der Waals surface area (Å²) in [5.41, 5.74) is 4.85. The van der Waals surface area contributed by atoms with Crippen LogP contribution in [0.4, 0.5) is 18.9 Å². The van der Waals surface area contributed by atoms with Crippen LogP contribution in [0.2, 0.25) is 5.02 Å². The number of amides is 1. The lowest BCUT2D eigenvalue weighted by molar-refractivity contribution is -0.139. The summed E-state index contributed by atoms with van der Waals surface area (Å²) in [4.78, 5) is 23.8. The van der Waals surface area contributed by atoms with Gasteiger partial charge in [-0.1, -0.05) is 94.7 Å². The molecule has 1 saturated heterocycles. The summed E-state index contributed by atoms with van der Waals surface area (Å²) >= 11 is 6.28. The standard InChI is InChI=1S/C56H70ClF3N6O4/c1-5-6-7-8-9-10-12-48(41-31-47(56(58,59)60)53(61-34-41)69-37-38-21-25-55(4,68)26-22-38)63-52(67)44-20-19-43(32-51(44)70-50-14-11-13-49-46(50)35-62-64-49)66-29-27-65(28-30-66)36-40-23-24-54(2,3)33-45(40)39-15-17-42(57)18-16-39/h11,13-20,31-32,34-35,38,48,68H,5-10,12,21-30,33,36-37H2,1-4H3,(H,62,64)(H,63,67)/t38-,48?,55-. The number of fused-ring (bicyclic) bond motifs is 1. The Kier molecular flexibility index (Phi) is 16.5. The summed E-state index contributed by atoms with van der Waals surface area (Å²) in [6, 6.07) is 19.7. The Bertz CT molecular complexity index is 2580. The molecule has 2 aromatic heterocycles. The van der Waals surface area contributed by atoms with Crippen molar-refractivity contribution in [2.75, 3.05) is 44.2 Å². The van der Waals surface area contributed by atoms with Crippen LogP contribution in [0.3, 0.4) is 0 Å². The van der Waals surface area contributed by atoms with Crippen LogP contribution in [-0.2, 0) is 6.18 Å². The number of aromatic nitrogens is 3. The van der Waals surface area contributed by atoms with Gasteiger partial charge in [0.1, 0.15) is 17.1 Å². The Balaban J connectivity index is 1.03. The summed E-state index contributed by atoms with van der Waals surface area (Å²) in [6.45, 7) is 12.9. The highest BCUT2D eigenvalue weighted by Gasteiger charge is 2.38. The number of pyridine rings is 1. The van der Waals surface area contributed by atoms with Crippen LogP contribution >= 0.6 is 11.6 Å². The molecule has 1 amide bonds. The fraction of sp³-hybridized carbons (Fsp3) is 0.518. The smallest absolute Gasteiger partial charge is 0.421 e. The average Bonchev–Trinajstić information content (AvgIpc) is 3.83. The first-order valence-corrected chi connectivity index (χ1v) is 25.8. The van der Waals surface area contributed by atoms with Gasteiger partial charge in [-0.2, -0.15) is 18.3 Å². The number of benzene rings is 3. The first-order chi connectivity index (χ1) is 33.5. The van der Waals surface area contributed by atoms with E-state index in [1.54, 1.807) is 19.2 Å². The van der Waals surface area contributed by atoms with E-state index < -0.39 is 35.2 Å². The molecule has 2 fully saturated rings. The number of H-pyrrole nitrogens is 1. The van der Waals surface area contributed by atoms with Crippen molar-refractivity contribution in [1.82, 2.24) is 25.4 Å². The van der Waals surface area contributed by atoms with Crippen LogP contribution < -0.4 is 19.7 Å². The summed E-state index contributed by atoms with van der Waals surface area (Å²) in [5, 5.41) is 22.2. The molecule has 5 aromatic rings. The third-order valence-corrected chi connectivity index (χ3v) is 15.0. The maximum Gasteiger partial charge on any atom is 0.421 e. The van der Waals surface area contributed by atoms with Gasteiger partial charge in [0.25, 0.3) is 5.91 Å². The zero-order valence-corrected chi connectivity index (χ0v) is 42.0. The third-order valence-electron chi connectivity index (χ3n) is 14.8. The second kappa shape index (κ2) is 22.5. The van der Waals surface area contributed by atoms with Crippen molar-refractivity contribution in [3.8, 4) is 17.4 Å². The molecule has 1 unspecified atom stereocenters. The molecule has 70 heavy (non-hydrogen) atoms. The third kappa shape index (κ3) is 13.2. The van der Waals surface area contributed by atoms with Gasteiger partial charge in [-0.3, -0.25) is 14.8 Å². The summed E-state index contributed by atoms with van der Waals surface area (Å²) < 4.78 is 56.9. The second-order valence-corrected chi connectivity index (χ2v) is 21.5. The van der Waals surface area contributed by atoms with Gasteiger partial charge in [0, 0.05) is 55.7 Å². The Morgan fingerprint density at radius 1 is 0.929 bits per heavy atom. The van der Waals surface area contributed by atoms with Crippen LogP contribution in [0.1, 0.15) is 151 Å². The number of nitrogens with zero attached hydrogens (tertiary/aromatic N) is 4. The number of piperazine rings is 1. The molecule has 10 nitrogen and oxygen atoms in total. The van der Waals surface area contributed by atoms with Gasteiger partial charge in [-0.25, -0.2) is 4.98 Å². The summed E-state index contributed by atoms with van der Waals surface area (Å²) in [5.74, 6) is -0.0863. The highest BCUT2D eigenvalue weighted by atomic mass is 35.5. The quantitative estimate of drug-likeness (QED) is 0.0701. The van der Waals surface area contributed by atoms with Crippen molar-refractivity contribution in [2.45, 2.75) is 135 Å². The maximum absolute atomic E-state index is 14.8. The fourth-order valence-corrected chi connectivity index (χ4v) is 10.5. The van der Waals surface area contributed by atoms with Gasteiger partial charge >= 0.3 is 6.18 Å². The zero-order valence-electron chi connectivity index (χ0n) is 41.3. The Morgan fingerprint density at radius 3 is 2.41 bits per heavy atom. The van der Waals surface area contributed by atoms with Crippen LogP contribution in [0, 0.1) is 11.3 Å². The number of nitrogens with one attached hydrogen (secondary N) is 2. The molecule has 1 aliphatic heterocycles. The molecule has 0 bridgehead atoms. The lowest BCUT2D eigenvalue weighted by Gasteiger charge is -2.39. The largest absolute Gasteiger partial charge is 0.477 e. The highest BCUT2D eigenvalue weighted by molar-refractivity contribution is 6.30. The van der Waals surface area contributed by atoms with E-state index in [0.29, 0.717) is 50.0 Å². The summed E-state index contributed by atoms with van der Waals surface area (Å²) in [7, 11) is 0. The molecular weight excluding hydrogens is 913 g/mol. The molecule has 3 heterocycles. The van der Waals surface area contributed by atoms with Gasteiger partial charge in [-0.05, 0) is 129 Å². The fourth-order valence-electron chi connectivity index (χ4n) is 10.4. The molecule has 3 aromatic carbocycles. The van der Waals surface area contributed by atoms with Crippen LogP contribution in [0.5, 0.6) is 17.4 Å². The Morgan fingerprint density at radius 2 is 1.67 bits per heavy atom. The van der Waals surface area contributed by atoms with Crippen molar-refractivity contribution < 1.29 is 32.5 Å². The number of hydrogen-bond acceptors (Lipinski definition) is 8. The molecule has 3 N–H and O–H groups in total. The van der Waals surface area contributed by atoms with E-state index in [1.807, 2.05) is 42.5 Å². The predicted octanol–water partition coefficient (Wildman–Crippen LogP) is 13.7. The molecule has 376 valence electrons. The van der Waals surface area contributed by atoms with Crippen LogP contribution in [0.15, 0.2) is 84.7 Å². The number of rotatable bonds is 19. The van der Waals surface area contributed by atoms with E-state index in [-0.39, 0.29) is 29.1 Å². The minimum absolute atomic E-state index is 0.0161. The number of allylic oxidation sites excluding steroid dienone is 1. The maximum atomic E-state index is 14.8. The van der Waals surface area contributed by atoms with Crippen molar-refractivity contribution >= 4 is 39.7 Å². The van der Waals surface area contributed by atoms with Gasteiger partial charge in [0.15, 0.2) is 0 Å². The zero-order chi connectivity index (χ0) is 49.5. The lowest BCUT2D eigenvalue weighted by Crippen LogP contribution is -2.47. The number of unbranched alkanes of at least 4 members (excludes halogenated alkanes) is 5. The molecule has 2 aliphatic carbocycles. The number of carbonyl (C=O) groups is 1. The van der Waals surface area contributed by atoms with Gasteiger partial charge in [0.05, 0.1) is 40.9 Å². The van der Waals surface area contributed by atoms with E-state index in [2.05, 4.69) is 63.2 Å². The minimum atomic E-state index is -4.75. The minimum Gasteiger partial charge on any atom is -0.477 e. The van der Waals surface area contributed by atoms with Crippen molar-refractivity contribution in [3.63, 3.8) is 0 Å². The first kappa shape index (κ1) is 51.3. The van der Waals surface area contributed by atoms with E-state index >= 15 is 0 Å². The number of carbonyl (C=O) groups excluding carboxylic acids is 1. The number of ether oxygens (including phenoxy) is 2. The van der Waals surface area contributed by atoms with E-state index in [1.165, 1.54) is 22.9 Å². The SMILES string of the molecule is CCCCCCCCC(NC(=O)c1ccc(N2CCN(CC3=C(c4ccc(Cl)cc4)CC(C)(C)CC3)CC2)cc1Oc1cccc2[nH]ncc12)c1cnc(OC[C@H]2CC[C@](C)(O)CC2)c(C(F)(F)F)c1. The number of alkyl halides is 3. The topological polar surface area (TPSA) is 116 Å². The molecule has 0 spiro atoms. The second-order valence-electron chi connectivity index (χ2n) is 21.0. The normalized spacial score (nSPS) is 20.4. The number of aromatic amines is 1. The van der Waals surface area contributed by atoms with Gasteiger partial charge in [-0.15, -0.1) is 0 Å². The number of halogens is 4. The van der Waals surface area contributed by atoms with Gasteiger partial charge < -0.3 is 24.8 Å². The number of hydrogen-bond donors (Lipinski definition) is 3. The number of anilines is 1. The van der Waals surface area contributed by atoms with Crippen molar-refractivity contribution in [2.24, 2.45) is 11.3 Å². The highest BCUT2D eigenvalue weighted by Crippen LogP contribution is 2.44. The average molecular weight is 984 g/mol. The molecule has 0 radical (unpaired) electrons. The molecule has 14 heteroatoms. The molecule has 1 saturated carbocycles. The Hall–Kier alpha value is -5.11. The lowest BCUT2D eigenvalue weighted by atomic mass is 9.72. The molecule has 8 rings (SSSR count). The van der Waals surface area contributed by atoms with Crippen LogP contribution in [-0.4, -0.2) is 76.0 Å². The predicted molar refractivity (Wildman–Crippen MR) is 273 cm³/mol.